The lowest BCUT2D eigenvalue weighted by Gasteiger charge is -2.14. The Hall–Kier alpha value is -3.97. The van der Waals surface area contributed by atoms with E-state index < -0.39 is 12.4 Å². The third-order valence-electron chi connectivity index (χ3n) is 5.27. The van der Waals surface area contributed by atoms with E-state index >= 15 is 0 Å². The number of alkyl halides is 2. The summed E-state index contributed by atoms with van der Waals surface area (Å²) < 4.78 is 41.7. The number of hydrogen-bond acceptors (Lipinski definition) is 8. The molecule has 37 heavy (non-hydrogen) atoms. The smallest absolute Gasteiger partial charge is 0.313 e. The topological polar surface area (TPSA) is 98.5 Å². The molecular formula is C27H24F2N2O5S. The number of nitrogens with zero attached hydrogens (tertiary/aromatic N) is 2. The van der Waals surface area contributed by atoms with Crippen LogP contribution in [0.25, 0.3) is 22.4 Å². The van der Waals surface area contributed by atoms with Crippen molar-refractivity contribution in [3.8, 4) is 40.0 Å². The second-order valence-corrected chi connectivity index (χ2v) is 8.61. The molecule has 0 aliphatic heterocycles. The number of hydrogen-bond donors (Lipinski definition) is 0. The highest BCUT2D eigenvalue weighted by Crippen LogP contribution is 2.37. The zero-order chi connectivity index (χ0) is 26.9. The highest BCUT2D eigenvalue weighted by molar-refractivity contribution is 8.00. The maximum Gasteiger partial charge on any atom is 0.313 e. The second kappa shape index (κ2) is 12.8. The third-order valence-corrected chi connectivity index (χ3v) is 6.30. The number of halogens is 2. The fourth-order valence-electron chi connectivity index (χ4n) is 3.49. The van der Waals surface area contributed by atoms with E-state index in [4.69, 9.17) is 14.2 Å². The van der Waals surface area contributed by atoms with Gasteiger partial charge in [-0.1, -0.05) is 36.0 Å². The number of benzene rings is 2. The number of carbonyl (C=O) groups is 2. The number of rotatable bonds is 11. The summed E-state index contributed by atoms with van der Waals surface area (Å²) in [5, 5.41) is 10.2. The van der Waals surface area contributed by atoms with Gasteiger partial charge >= 0.3 is 5.97 Å². The lowest BCUT2D eigenvalue weighted by Crippen LogP contribution is -2.13. The number of carbonyl (C=O) groups excluding carboxylic acids is 2. The van der Waals surface area contributed by atoms with E-state index in [9.17, 15) is 23.6 Å². The van der Waals surface area contributed by atoms with Crippen LogP contribution in [-0.2, 0) is 14.3 Å². The minimum atomic E-state index is -2.62. The van der Waals surface area contributed by atoms with E-state index in [-0.39, 0.29) is 40.7 Å². The van der Waals surface area contributed by atoms with Gasteiger partial charge in [0.05, 0.1) is 37.8 Å². The molecule has 0 atom stereocenters. The third kappa shape index (κ3) is 6.83. The molecule has 0 saturated carbocycles. The fraction of sp³-hybridized carbons (Fsp3) is 0.259. The van der Waals surface area contributed by atoms with Crippen LogP contribution in [0.3, 0.4) is 0 Å². The summed E-state index contributed by atoms with van der Waals surface area (Å²) in [7, 11) is 3.01. The van der Waals surface area contributed by atoms with Gasteiger partial charge in [0.2, 0.25) is 0 Å². The first-order valence-electron chi connectivity index (χ1n) is 11.2. The number of nitriles is 1. The van der Waals surface area contributed by atoms with Crippen molar-refractivity contribution in [2.24, 2.45) is 0 Å². The SMILES string of the molecule is CCOC(=O)CC(=O)CSc1nc(-c2ccc(OC)c(OC)c2)cc(-c2ccc(C(F)F)cc2)c1C#N. The predicted molar refractivity (Wildman–Crippen MR) is 135 cm³/mol. The molecule has 0 spiro atoms. The van der Waals surface area contributed by atoms with Crippen molar-refractivity contribution in [1.82, 2.24) is 4.98 Å². The molecule has 10 heteroatoms. The Morgan fingerprint density at radius 3 is 2.30 bits per heavy atom. The van der Waals surface area contributed by atoms with Crippen molar-refractivity contribution in [3.63, 3.8) is 0 Å². The molecular weight excluding hydrogens is 502 g/mol. The maximum absolute atomic E-state index is 13.1. The van der Waals surface area contributed by atoms with Gasteiger partial charge in [0, 0.05) is 16.7 Å². The minimum Gasteiger partial charge on any atom is -0.493 e. The van der Waals surface area contributed by atoms with Crippen LogP contribution in [0.2, 0.25) is 0 Å². The van der Waals surface area contributed by atoms with Crippen LogP contribution in [0.15, 0.2) is 53.6 Å². The van der Waals surface area contributed by atoms with Gasteiger partial charge in [-0.15, -0.1) is 0 Å². The van der Waals surface area contributed by atoms with Crippen LogP contribution >= 0.6 is 11.8 Å². The molecule has 192 valence electrons. The van der Waals surface area contributed by atoms with Crippen LogP contribution in [0.5, 0.6) is 11.5 Å². The first-order valence-corrected chi connectivity index (χ1v) is 12.2. The minimum absolute atomic E-state index is 0.111. The molecule has 3 rings (SSSR count). The molecule has 0 aliphatic carbocycles. The van der Waals surface area contributed by atoms with Gasteiger partial charge in [-0.05, 0) is 36.8 Å². The van der Waals surface area contributed by atoms with Crippen molar-refractivity contribution in [1.29, 1.82) is 5.26 Å². The van der Waals surface area contributed by atoms with Crippen LogP contribution in [0, 0.1) is 11.3 Å². The van der Waals surface area contributed by atoms with Crippen molar-refractivity contribution >= 4 is 23.5 Å². The van der Waals surface area contributed by atoms with Gasteiger partial charge in [0.15, 0.2) is 17.3 Å². The Morgan fingerprint density at radius 2 is 1.70 bits per heavy atom. The van der Waals surface area contributed by atoms with Gasteiger partial charge < -0.3 is 14.2 Å². The number of ketones is 1. The Kier molecular flexibility index (Phi) is 9.57. The standard InChI is InChI=1S/C27H24F2N2O5S/c1-4-36-25(33)12-19(32)15-37-27-21(14-30)20(16-5-7-17(8-6-16)26(28)29)13-22(31-27)18-9-10-23(34-2)24(11-18)35-3/h5-11,13,26H,4,12,15H2,1-3H3. The summed E-state index contributed by atoms with van der Waals surface area (Å²) in [5.74, 6) is -0.136. The molecule has 0 radical (unpaired) electrons. The average molecular weight is 527 g/mol. The number of ether oxygens (including phenoxy) is 3. The van der Waals surface area contributed by atoms with E-state index in [1.807, 2.05) is 0 Å². The molecule has 0 bridgehead atoms. The molecule has 7 nitrogen and oxygen atoms in total. The Morgan fingerprint density at radius 1 is 1.03 bits per heavy atom. The molecule has 0 fully saturated rings. The summed E-state index contributed by atoms with van der Waals surface area (Å²) in [6.07, 6.45) is -3.01. The van der Waals surface area contributed by atoms with E-state index in [0.717, 1.165) is 11.8 Å². The van der Waals surface area contributed by atoms with Gasteiger partial charge in [-0.2, -0.15) is 5.26 Å². The molecule has 3 aromatic rings. The maximum atomic E-state index is 13.1. The van der Waals surface area contributed by atoms with Crippen LogP contribution < -0.4 is 9.47 Å². The monoisotopic (exact) mass is 526 g/mol. The number of methoxy groups -OCH3 is 2. The Balaban J connectivity index is 2.08. The van der Waals surface area contributed by atoms with Crippen LogP contribution in [-0.4, -0.2) is 43.3 Å². The molecule has 1 heterocycles. The largest absolute Gasteiger partial charge is 0.493 e. The summed E-state index contributed by atoms with van der Waals surface area (Å²) >= 11 is 1.02. The van der Waals surface area contributed by atoms with Gasteiger partial charge in [-0.25, -0.2) is 13.8 Å². The van der Waals surface area contributed by atoms with Gasteiger partial charge in [0.25, 0.3) is 6.43 Å². The number of aromatic nitrogens is 1. The van der Waals surface area contributed by atoms with Crippen LogP contribution in [0.1, 0.15) is 30.9 Å². The highest BCUT2D eigenvalue weighted by Gasteiger charge is 2.19. The normalized spacial score (nSPS) is 10.6. The zero-order valence-electron chi connectivity index (χ0n) is 20.4. The van der Waals surface area contributed by atoms with Crippen molar-refractivity contribution in [3.05, 3.63) is 59.7 Å². The summed E-state index contributed by atoms with van der Waals surface area (Å²) in [6.45, 7) is 1.82. The molecule has 1 aromatic heterocycles. The number of thioether (sulfide) groups is 1. The highest BCUT2D eigenvalue weighted by atomic mass is 32.2. The lowest BCUT2D eigenvalue weighted by molar-refractivity contribution is -0.145. The van der Waals surface area contributed by atoms with Gasteiger partial charge in [0.1, 0.15) is 17.5 Å². The molecule has 0 aliphatic rings. The molecule has 2 aromatic carbocycles. The second-order valence-electron chi connectivity index (χ2n) is 7.65. The Bertz CT molecular complexity index is 1320. The first kappa shape index (κ1) is 27.6. The number of pyridine rings is 1. The summed E-state index contributed by atoms with van der Waals surface area (Å²) in [4.78, 5) is 28.6. The summed E-state index contributed by atoms with van der Waals surface area (Å²) in [5.41, 5.74) is 2.15. The molecule has 0 N–H and O–H groups in total. The lowest BCUT2D eigenvalue weighted by atomic mass is 9.98. The van der Waals surface area contributed by atoms with Crippen molar-refractivity contribution in [2.75, 3.05) is 26.6 Å². The van der Waals surface area contributed by atoms with Crippen molar-refractivity contribution in [2.45, 2.75) is 24.8 Å². The quantitative estimate of drug-likeness (QED) is 0.174. The Labute approximate surface area is 217 Å². The van der Waals surface area contributed by atoms with Crippen molar-refractivity contribution < 1.29 is 32.6 Å². The van der Waals surface area contributed by atoms with E-state index in [1.165, 1.54) is 38.5 Å². The predicted octanol–water partition coefficient (Wildman–Crippen LogP) is 5.86. The number of esters is 1. The average Bonchev–Trinajstić information content (AvgIpc) is 2.91. The van der Waals surface area contributed by atoms with E-state index in [0.29, 0.717) is 33.9 Å². The first-order chi connectivity index (χ1) is 17.8. The van der Waals surface area contributed by atoms with E-state index in [1.54, 1.807) is 31.2 Å². The van der Waals surface area contributed by atoms with Gasteiger partial charge in [-0.3, -0.25) is 9.59 Å². The molecule has 0 saturated heterocycles. The fourth-order valence-corrected chi connectivity index (χ4v) is 4.35. The zero-order valence-corrected chi connectivity index (χ0v) is 21.2. The van der Waals surface area contributed by atoms with Crippen LogP contribution in [0.4, 0.5) is 8.78 Å². The molecule has 0 unspecified atom stereocenters. The summed E-state index contributed by atoms with van der Waals surface area (Å²) in [6, 6.07) is 14.6. The number of Topliss-reactive ketones (excluding diaryl/α,β-unsaturated/α-hetero) is 1. The van der Waals surface area contributed by atoms with E-state index in [2.05, 4.69) is 11.1 Å². The molecule has 0 amide bonds.